The quantitative estimate of drug-likeness (QED) is 0.202. The van der Waals surface area contributed by atoms with Gasteiger partial charge in [0.05, 0.1) is 25.1 Å². The van der Waals surface area contributed by atoms with Crippen molar-refractivity contribution in [2.75, 3.05) is 11.9 Å². The number of Topliss-reactive ketones (excluding diaryl/α,β-unsaturated/α-hetero) is 1. The molecule has 40 heavy (non-hydrogen) atoms. The number of nitrogens with one attached hydrogen (secondary N) is 1. The second-order valence-electron chi connectivity index (χ2n) is 9.43. The number of hydrogen-bond acceptors (Lipinski definition) is 4. The maximum atomic E-state index is 13.7. The Morgan fingerprint density at radius 3 is 2.50 bits per heavy atom. The van der Waals surface area contributed by atoms with E-state index in [-0.39, 0.29) is 36.6 Å². The van der Waals surface area contributed by atoms with Crippen molar-refractivity contribution in [3.8, 4) is 5.75 Å². The Balaban J connectivity index is 1.37. The minimum atomic E-state index is -1.60. The third kappa shape index (κ3) is 5.79. The lowest BCUT2D eigenvalue weighted by Crippen LogP contribution is -2.27. The van der Waals surface area contributed by atoms with Crippen molar-refractivity contribution in [2.24, 2.45) is 0 Å². The lowest BCUT2D eigenvalue weighted by molar-refractivity contribution is -0.115. The summed E-state index contributed by atoms with van der Waals surface area (Å²) in [7, 11) is 0. The molecule has 0 fully saturated rings. The van der Waals surface area contributed by atoms with Crippen LogP contribution in [0.5, 0.6) is 5.75 Å². The molecule has 0 aliphatic carbocycles. The normalized spacial score (nSPS) is 13.1. The molecule has 5 rings (SSSR count). The number of ether oxygens (including phenoxy) is 1. The van der Waals surface area contributed by atoms with Crippen LogP contribution in [0.2, 0.25) is 5.02 Å². The molecule has 10 heteroatoms. The van der Waals surface area contributed by atoms with E-state index in [1.54, 1.807) is 42.5 Å². The number of halogens is 4. The standard InChI is InChI=1S/C30H22ClF3N2O4/c31-23-6-2-1-4-21(23)19(16-40-20-8-7-18-13-28(38)35-26(18)14-20)12-27(37)22-5-3-9-36(30(22)39)15-17-10-24(32)29(34)25(33)11-17/h1-11,14,19H,12-13,15-16H2,(H,35,38). The van der Waals surface area contributed by atoms with E-state index in [0.29, 0.717) is 28.4 Å². The monoisotopic (exact) mass is 566 g/mol. The number of benzene rings is 3. The van der Waals surface area contributed by atoms with E-state index >= 15 is 0 Å². The summed E-state index contributed by atoms with van der Waals surface area (Å²) in [6.45, 7) is -0.211. The summed E-state index contributed by atoms with van der Waals surface area (Å²) in [5.74, 6) is -4.96. The summed E-state index contributed by atoms with van der Waals surface area (Å²) >= 11 is 6.44. The van der Waals surface area contributed by atoms with Gasteiger partial charge >= 0.3 is 0 Å². The van der Waals surface area contributed by atoms with Crippen molar-refractivity contribution in [1.82, 2.24) is 4.57 Å². The number of anilines is 1. The van der Waals surface area contributed by atoms with Gasteiger partial charge in [-0.2, -0.15) is 0 Å². The molecule has 204 valence electrons. The van der Waals surface area contributed by atoms with Crippen LogP contribution < -0.4 is 15.6 Å². The molecule has 1 atom stereocenters. The van der Waals surface area contributed by atoms with E-state index in [0.717, 1.165) is 22.3 Å². The molecule has 0 bridgehead atoms. The molecule has 2 heterocycles. The molecule has 6 nitrogen and oxygen atoms in total. The first-order valence-corrected chi connectivity index (χ1v) is 12.7. The van der Waals surface area contributed by atoms with Gasteiger partial charge in [0.1, 0.15) is 5.75 Å². The summed E-state index contributed by atoms with van der Waals surface area (Å²) in [6, 6.07) is 16.7. The molecule has 3 aromatic carbocycles. The van der Waals surface area contributed by atoms with Crippen LogP contribution in [-0.4, -0.2) is 22.9 Å². The third-order valence-corrected chi connectivity index (χ3v) is 7.00. The van der Waals surface area contributed by atoms with Gasteiger partial charge in [0.25, 0.3) is 5.56 Å². The van der Waals surface area contributed by atoms with Gasteiger partial charge in [-0.05, 0) is 53.1 Å². The minimum absolute atomic E-state index is 0.0241. The number of amides is 1. The summed E-state index contributed by atoms with van der Waals surface area (Å²) in [4.78, 5) is 38.2. The molecule has 1 aromatic heterocycles. The Labute approximate surface area is 232 Å². The molecular formula is C30H22ClF3N2O4. The van der Waals surface area contributed by atoms with Crippen LogP contribution in [0.15, 0.2) is 77.7 Å². The number of hydrogen-bond donors (Lipinski definition) is 1. The van der Waals surface area contributed by atoms with Gasteiger partial charge in [0.2, 0.25) is 5.91 Å². The minimum Gasteiger partial charge on any atom is -0.493 e. The zero-order valence-corrected chi connectivity index (χ0v) is 21.7. The molecule has 0 saturated carbocycles. The van der Waals surface area contributed by atoms with Gasteiger partial charge in [0.15, 0.2) is 23.2 Å². The number of ketones is 1. The zero-order valence-electron chi connectivity index (χ0n) is 20.9. The predicted octanol–water partition coefficient (Wildman–Crippen LogP) is 5.90. The van der Waals surface area contributed by atoms with E-state index < -0.39 is 34.7 Å². The van der Waals surface area contributed by atoms with Gasteiger partial charge in [-0.25, -0.2) is 13.2 Å². The molecule has 1 N–H and O–H groups in total. The van der Waals surface area contributed by atoms with Gasteiger partial charge in [0, 0.05) is 35.3 Å². The first-order valence-electron chi connectivity index (χ1n) is 12.4. The van der Waals surface area contributed by atoms with Crippen molar-refractivity contribution in [3.63, 3.8) is 0 Å². The average molecular weight is 567 g/mol. The highest BCUT2D eigenvalue weighted by molar-refractivity contribution is 6.31. The number of fused-ring (bicyclic) bond motifs is 1. The first kappa shape index (κ1) is 27.2. The molecule has 1 aliphatic rings. The van der Waals surface area contributed by atoms with Crippen LogP contribution in [0.1, 0.15) is 39.4 Å². The smallest absolute Gasteiger partial charge is 0.261 e. The lowest BCUT2D eigenvalue weighted by atomic mass is 9.92. The third-order valence-electron chi connectivity index (χ3n) is 6.65. The summed E-state index contributed by atoms with van der Waals surface area (Å²) < 4.78 is 47.8. The summed E-state index contributed by atoms with van der Waals surface area (Å²) in [5.41, 5.74) is 1.42. The van der Waals surface area contributed by atoms with Crippen LogP contribution in [-0.2, 0) is 17.8 Å². The average Bonchev–Trinajstić information content (AvgIpc) is 3.30. The number of carbonyl (C=O) groups excluding carboxylic acids is 2. The largest absolute Gasteiger partial charge is 0.493 e. The van der Waals surface area contributed by atoms with Crippen LogP contribution in [0, 0.1) is 17.5 Å². The van der Waals surface area contributed by atoms with Crippen molar-refractivity contribution < 1.29 is 27.5 Å². The van der Waals surface area contributed by atoms with Gasteiger partial charge < -0.3 is 14.6 Å². The van der Waals surface area contributed by atoms with Gasteiger partial charge in [-0.3, -0.25) is 14.4 Å². The summed E-state index contributed by atoms with van der Waals surface area (Å²) in [6.07, 6.45) is 1.55. The highest BCUT2D eigenvalue weighted by atomic mass is 35.5. The van der Waals surface area contributed by atoms with Crippen molar-refractivity contribution in [3.05, 3.63) is 128 Å². The van der Waals surface area contributed by atoms with Crippen LogP contribution in [0.25, 0.3) is 0 Å². The number of carbonyl (C=O) groups is 2. The van der Waals surface area contributed by atoms with Gasteiger partial charge in [-0.15, -0.1) is 0 Å². The topological polar surface area (TPSA) is 77.4 Å². The molecule has 1 aliphatic heterocycles. The molecule has 0 spiro atoms. The molecule has 1 amide bonds. The van der Waals surface area contributed by atoms with Crippen LogP contribution in [0.4, 0.5) is 18.9 Å². The number of aromatic nitrogens is 1. The molecule has 4 aromatic rings. The molecular weight excluding hydrogens is 545 g/mol. The van der Waals surface area contributed by atoms with E-state index in [4.69, 9.17) is 16.3 Å². The van der Waals surface area contributed by atoms with Gasteiger partial charge in [-0.1, -0.05) is 35.9 Å². The molecule has 1 unspecified atom stereocenters. The SMILES string of the molecule is O=C1Cc2ccc(OCC(CC(=O)c3cccn(Cc4cc(F)c(F)c(F)c4)c3=O)c3ccccc3Cl)cc2N1. The summed E-state index contributed by atoms with van der Waals surface area (Å²) in [5, 5.41) is 3.19. The highest BCUT2D eigenvalue weighted by Crippen LogP contribution is 2.31. The Morgan fingerprint density at radius 1 is 1.00 bits per heavy atom. The molecule has 0 saturated heterocycles. The Kier molecular flexibility index (Phi) is 7.75. The van der Waals surface area contributed by atoms with Crippen molar-refractivity contribution in [1.29, 1.82) is 0 Å². The van der Waals surface area contributed by atoms with Crippen LogP contribution in [0.3, 0.4) is 0 Å². The fraction of sp³-hybridized carbons (Fsp3) is 0.167. The maximum absolute atomic E-state index is 13.7. The van der Waals surface area contributed by atoms with E-state index in [2.05, 4.69) is 5.32 Å². The van der Waals surface area contributed by atoms with Crippen LogP contribution >= 0.6 is 11.6 Å². The van der Waals surface area contributed by atoms with Crippen molar-refractivity contribution in [2.45, 2.75) is 25.3 Å². The number of pyridine rings is 1. The lowest BCUT2D eigenvalue weighted by Gasteiger charge is -2.19. The fourth-order valence-electron chi connectivity index (χ4n) is 4.65. The second-order valence-corrected chi connectivity index (χ2v) is 9.84. The Morgan fingerprint density at radius 2 is 1.75 bits per heavy atom. The van der Waals surface area contributed by atoms with E-state index in [1.165, 1.54) is 18.3 Å². The second kappa shape index (κ2) is 11.4. The Hall–Kier alpha value is -4.37. The number of rotatable bonds is 9. The molecule has 0 radical (unpaired) electrons. The zero-order chi connectivity index (χ0) is 28.4. The van der Waals surface area contributed by atoms with E-state index in [9.17, 15) is 27.6 Å². The Bertz CT molecular complexity index is 1670. The predicted molar refractivity (Wildman–Crippen MR) is 144 cm³/mol. The number of nitrogens with zero attached hydrogens (tertiary/aromatic N) is 1. The maximum Gasteiger partial charge on any atom is 0.261 e. The first-order chi connectivity index (χ1) is 19.2. The van der Waals surface area contributed by atoms with E-state index in [1.807, 2.05) is 0 Å². The fourth-order valence-corrected chi connectivity index (χ4v) is 4.94. The van der Waals surface area contributed by atoms with Crippen molar-refractivity contribution >= 4 is 29.0 Å². The highest BCUT2D eigenvalue weighted by Gasteiger charge is 2.24.